The summed E-state index contributed by atoms with van der Waals surface area (Å²) in [6.07, 6.45) is 0.250. The van der Waals surface area contributed by atoms with Crippen LogP contribution in [0, 0.1) is 6.92 Å². The maximum Gasteiger partial charge on any atom is 0.264 e. The number of likely N-dealkylation sites (N-methyl/N-ethyl adjacent to an activating group) is 1. The van der Waals surface area contributed by atoms with Crippen LogP contribution >= 0.6 is 0 Å². The molecule has 4 aromatic rings. The highest BCUT2D eigenvalue weighted by atomic mass is 32.2. The molecule has 0 aromatic heterocycles. The van der Waals surface area contributed by atoms with Gasteiger partial charge in [0.1, 0.15) is 25.8 Å². The first kappa shape index (κ1) is 31.6. The number of hydrogen-bond acceptors (Lipinski definition) is 6. The molecule has 1 N–H and O–H groups in total. The largest absolute Gasteiger partial charge is 0.486 e. The summed E-state index contributed by atoms with van der Waals surface area (Å²) in [7, 11) is -4.22. The van der Waals surface area contributed by atoms with Gasteiger partial charge in [-0.15, -0.1) is 0 Å². The van der Waals surface area contributed by atoms with Crippen molar-refractivity contribution >= 4 is 27.5 Å². The van der Waals surface area contributed by atoms with Crippen LogP contribution in [0.4, 0.5) is 5.69 Å². The lowest BCUT2D eigenvalue weighted by Crippen LogP contribution is -2.53. The molecule has 1 aliphatic heterocycles. The van der Waals surface area contributed by atoms with E-state index in [9.17, 15) is 18.0 Å². The third kappa shape index (κ3) is 7.46. The van der Waals surface area contributed by atoms with Gasteiger partial charge in [0.2, 0.25) is 11.8 Å². The fourth-order valence-corrected chi connectivity index (χ4v) is 6.68. The van der Waals surface area contributed by atoms with Gasteiger partial charge >= 0.3 is 0 Å². The summed E-state index contributed by atoms with van der Waals surface area (Å²) in [5.74, 6) is 0.0362. The number of amides is 2. The number of carbonyl (C=O) groups is 2. The van der Waals surface area contributed by atoms with Crippen molar-refractivity contribution in [1.29, 1.82) is 0 Å². The van der Waals surface area contributed by atoms with Crippen LogP contribution < -0.4 is 19.1 Å². The van der Waals surface area contributed by atoms with E-state index in [1.807, 2.05) is 68.4 Å². The molecule has 0 saturated carbocycles. The van der Waals surface area contributed by atoms with Crippen molar-refractivity contribution in [3.8, 4) is 11.5 Å². The molecule has 4 aromatic carbocycles. The average Bonchev–Trinajstić information content (AvgIpc) is 3.06. The zero-order valence-corrected chi connectivity index (χ0v) is 26.2. The van der Waals surface area contributed by atoms with Crippen LogP contribution in [0.3, 0.4) is 0 Å². The number of hydrogen-bond donors (Lipinski definition) is 1. The Labute approximate surface area is 264 Å². The molecule has 1 atom stereocenters. The first-order valence-electron chi connectivity index (χ1n) is 14.9. The van der Waals surface area contributed by atoms with Crippen LogP contribution in [0.2, 0.25) is 0 Å². The molecule has 234 valence electrons. The molecule has 45 heavy (non-hydrogen) atoms. The Kier molecular flexibility index (Phi) is 10.0. The van der Waals surface area contributed by atoms with Gasteiger partial charge in [0.05, 0.1) is 10.6 Å². The lowest BCUT2D eigenvalue weighted by molar-refractivity contribution is -0.140. The second kappa shape index (κ2) is 14.3. The number of fused-ring (bicyclic) bond motifs is 1. The molecule has 0 aliphatic carbocycles. The van der Waals surface area contributed by atoms with Crippen molar-refractivity contribution in [1.82, 2.24) is 10.2 Å². The third-order valence-corrected chi connectivity index (χ3v) is 9.44. The molecule has 2 amide bonds. The molecule has 0 fully saturated rings. The molecule has 1 heterocycles. The predicted molar refractivity (Wildman–Crippen MR) is 173 cm³/mol. The van der Waals surface area contributed by atoms with E-state index >= 15 is 0 Å². The van der Waals surface area contributed by atoms with E-state index in [0.717, 1.165) is 21.0 Å². The number of carbonyl (C=O) groups excluding carboxylic acids is 2. The quantitative estimate of drug-likeness (QED) is 0.243. The number of ether oxygens (including phenoxy) is 2. The second-order valence-corrected chi connectivity index (χ2v) is 12.6. The summed E-state index contributed by atoms with van der Waals surface area (Å²) < 4.78 is 40.8. The van der Waals surface area contributed by atoms with E-state index < -0.39 is 28.5 Å². The van der Waals surface area contributed by atoms with E-state index in [0.29, 0.717) is 31.3 Å². The molecule has 0 saturated heterocycles. The normalized spacial score (nSPS) is 13.0. The van der Waals surface area contributed by atoms with E-state index in [4.69, 9.17) is 9.47 Å². The minimum atomic E-state index is -4.22. The minimum Gasteiger partial charge on any atom is -0.486 e. The SMILES string of the molecule is CCNC(=O)C(Cc1ccccc1)N(Cc1ccccc1C)C(=O)CN(c1ccc2c(c1)OCCO2)S(=O)(=O)c1ccccc1. The highest BCUT2D eigenvalue weighted by molar-refractivity contribution is 7.92. The number of nitrogens with one attached hydrogen (secondary N) is 1. The fourth-order valence-electron chi connectivity index (χ4n) is 5.25. The van der Waals surface area contributed by atoms with Gasteiger partial charge in [-0.3, -0.25) is 13.9 Å². The van der Waals surface area contributed by atoms with Gasteiger partial charge in [-0.2, -0.15) is 0 Å². The first-order chi connectivity index (χ1) is 21.8. The number of benzene rings is 4. The Morgan fingerprint density at radius 2 is 1.49 bits per heavy atom. The van der Waals surface area contributed by atoms with Crippen molar-refractivity contribution < 1.29 is 27.5 Å². The summed E-state index contributed by atoms with van der Waals surface area (Å²) in [5.41, 5.74) is 2.91. The van der Waals surface area contributed by atoms with Gasteiger partial charge in [0.25, 0.3) is 10.0 Å². The lowest BCUT2D eigenvalue weighted by atomic mass is 10.0. The topological polar surface area (TPSA) is 105 Å². The van der Waals surface area contributed by atoms with Crippen LogP contribution in [0.15, 0.2) is 108 Å². The van der Waals surface area contributed by atoms with E-state index in [1.54, 1.807) is 36.4 Å². The second-order valence-electron chi connectivity index (χ2n) is 10.7. The molecule has 0 spiro atoms. The highest BCUT2D eigenvalue weighted by Gasteiger charge is 2.35. The standard InChI is InChI=1S/C35H37N3O6S/c1-3-36-35(40)31(22-27-13-6-4-7-14-27)37(24-28-15-11-10-12-26(28)2)34(39)25-38(45(41,42)30-16-8-5-9-17-30)29-18-19-32-33(23-29)44-21-20-43-32/h4-19,23,31H,3,20-22,24-25H2,1-2H3,(H,36,40). The van der Waals surface area contributed by atoms with Crippen molar-refractivity contribution in [2.75, 3.05) is 30.6 Å². The summed E-state index contributed by atoms with van der Waals surface area (Å²) in [5, 5.41) is 2.88. The van der Waals surface area contributed by atoms with E-state index in [2.05, 4.69) is 5.32 Å². The third-order valence-electron chi connectivity index (χ3n) is 7.65. The smallest absolute Gasteiger partial charge is 0.264 e. The Morgan fingerprint density at radius 3 is 2.18 bits per heavy atom. The van der Waals surface area contributed by atoms with Crippen molar-refractivity contribution in [3.63, 3.8) is 0 Å². The number of sulfonamides is 1. The Morgan fingerprint density at radius 1 is 0.844 bits per heavy atom. The van der Waals surface area contributed by atoms with E-state index in [1.165, 1.54) is 17.0 Å². The van der Waals surface area contributed by atoms with Crippen LogP contribution in [-0.2, 0) is 32.6 Å². The first-order valence-corrected chi connectivity index (χ1v) is 16.3. The zero-order chi connectivity index (χ0) is 31.8. The van der Waals surface area contributed by atoms with Gasteiger partial charge in [0.15, 0.2) is 11.5 Å². The summed E-state index contributed by atoms with van der Waals surface area (Å²) in [6, 6.07) is 29.0. The highest BCUT2D eigenvalue weighted by Crippen LogP contribution is 2.36. The summed E-state index contributed by atoms with van der Waals surface area (Å²) in [6.45, 7) is 4.40. The Hall–Kier alpha value is -4.83. The average molecular weight is 628 g/mol. The maximum atomic E-state index is 14.5. The van der Waals surface area contributed by atoms with Crippen molar-refractivity contribution in [2.24, 2.45) is 0 Å². The monoisotopic (exact) mass is 627 g/mol. The molecular weight excluding hydrogens is 590 g/mol. The van der Waals surface area contributed by atoms with E-state index in [-0.39, 0.29) is 29.5 Å². The van der Waals surface area contributed by atoms with Gasteiger partial charge in [0, 0.05) is 25.6 Å². The zero-order valence-electron chi connectivity index (χ0n) is 25.4. The molecule has 0 bridgehead atoms. The van der Waals surface area contributed by atoms with Crippen LogP contribution in [0.25, 0.3) is 0 Å². The minimum absolute atomic E-state index is 0.0303. The summed E-state index contributed by atoms with van der Waals surface area (Å²) >= 11 is 0. The number of nitrogens with zero attached hydrogens (tertiary/aromatic N) is 2. The number of anilines is 1. The molecule has 1 unspecified atom stereocenters. The maximum absolute atomic E-state index is 14.5. The molecule has 9 nitrogen and oxygen atoms in total. The predicted octanol–water partition coefficient (Wildman–Crippen LogP) is 4.74. The van der Waals surface area contributed by atoms with Crippen molar-refractivity contribution in [3.05, 3.63) is 120 Å². The molecular formula is C35H37N3O6S. The molecule has 0 radical (unpaired) electrons. The number of aryl methyl sites for hydroxylation is 1. The van der Waals surface area contributed by atoms with Gasteiger partial charge in [-0.05, 0) is 54.8 Å². The van der Waals surface area contributed by atoms with Crippen LogP contribution in [0.5, 0.6) is 11.5 Å². The van der Waals surface area contributed by atoms with Crippen molar-refractivity contribution in [2.45, 2.75) is 37.8 Å². The molecule has 1 aliphatic rings. The Balaban J connectivity index is 1.58. The molecule has 10 heteroatoms. The number of rotatable bonds is 12. The lowest BCUT2D eigenvalue weighted by Gasteiger charge is -2.34. The van der Waals surface area contributed by atoms with Gasteiger partial charge in [-0.1, -0.05) is 72.8 Å². The van der Waals surface area contributed by atoms with Crippen LogP contribution in [-0.4, -0.2) is 57.5 Å². The van der Waals surface area contributed by atoms with Gasteiger partial charge in [-0.25, -0.2) is 8.42 Å². The van der Waals surface area contributed by atoms with Crippen LogP contribution in [0.1, 0.15) is 23.6 Å². The summed E-state index contributed by atoms with van der Waals surface area (Å²) in [4.78, 5) is 29.7. The molecule has 5 rings (SSSR count). The fraction of sp³-hybridized carbons (Fsp3) is 0.257. The van der Waals surface area contributed by atoms with Gasteiger partial charge < -0.3 is 19.7 Å². The Bertz CT molecular complexity index is 1730.